The Labute approximate surface area is 224 Å². The molecular formula is C35H45N2+. The summed E-state index contributed by atoms with van der Waals surface area (Å²) in [6, 6.07) is 24.9. The Kier molecular flexibility index (Phi) is 9.39. The lowest BCUT2D eigenvalue weighted by atomic mass is 10.0. The number of hydrogen-bond acceptors (Lipinski definition) is 1. The molecule has 194 valence electrons. The van der Waals surface area contributed by atoms with E-state index < -0.39 is 0 Å². The summed E-state index contributed by atoms with van der Waals surface area (Å²) in [7, 11) is 0. The average molecular weight is 494 g/mol. The minimum absolute atomic E-state index is 0.722. The number of aromatic nitrogens is 1. The van der Waals surface area contributed by atoms with E-state index in [1.165, 1.54) is 64.2 Å². The molecule has 0 aliphatic rings. The van der Waals surface area contributed by atoms with Gasteiger partial charge in [0, 0.05) is 37.3 Å². The number of aryl methyl sites for hydroxylation is 1. The number of rotatable bonds is 12. The highest BCUT2D eigenvalue weighted by molar-refractivity contribution is 5.91. The maximum absolute atomic E-state index is 2.58. The highest BCUT2D eigenvalue weighted by Gasteiger charge is 2.11. The first-order valence-electron chi connectivity index (χ1n) is 14.3. The van der Waals surface area contributed by atoms with E-state index in [1.807, 2.05) is 0 Å². The first kappa shape index (κ1) is 26.9. The number of hydrogen-bond donors (Lipinski definition) is 0. The summed E-state index contributed by atoms with van der Waals surface area (Å²) in [5.74, 6) is 1.44. The zero-order valence-corrected chi connectivity index (χ0v) is 23.6. The third kappa shape index (κ3) is 7.22. The molecule has 0 fully saturated rings. The van der Waals surface area contributed by atoms with Crippen LogP contribution in [0.5, 0.6) is 0 Å². The fourth-order valence-electron chi connectivity index (χ4n) is 4.91. The topological polar surface area (TPSA) is 7.12 Å². The molecule has 0 unspecified atom stereocenters. The average Bonchev–Trinajstić information content (AvgIpc) is 2.90. The van der Waals surface area contributed by atoms with Gasteiger partial charge in [-0.2, -0.15) is 4.57 Å². The second-order valence-electron chi connectivity index (χ2n) is 11.3. The van der Waals surface area contributed by atoms with Crippen molar-refractivity contribution in [2.75, 3.05) is 18.0 Å². The molecular weight excluding hydrogens is 448 g/mol. The van der Waals surface area contributed by atoms with Gasteiger partial charge in [-0.05, 0) is 70.8 Å². The summed E-state index contributed by atoms with van der Waals surface area (Å²) in [4.78, 5) is 2.58. The van der Waals surface area contributed by atoms with Gasteiger partial charge in [-0.25, -0.2) is 0 Å². The fraction of sp³-hybridized carbons (Fsp3) is 0.400. The van der Waals surface area contributed by atoms with Crippen molar-refractivity contribution < 1.29 is 4.57 Å². The van der Waals surface area contributed by atoms with Gasteiger partial charge in [0.05, 0.1) is 5.39 Å². The van der Waals surface area contributed by atoms with Crippen molar-refractivity contribution in [2.24, 2.45) is 11.8 Å². The van der Waals surface area contributed by atoms with E-state index >= 15 is 0 Å². The van der Waals surface area contributed by atoms with Gasteiger partial charge in [-0.3, -0.25) is 0 Å². The Morgan fingerprint density at radius 2 is 1.49 bits per heavy atom. The van der Waals surface area contributed by atoms with Gasteiger partial charge in [0.25, 0.3) is 0 Å². The molecule has 4 rings (SSSR count). The molecule has 37 heavy (non-hydrogen) atoms. The smallest absolute Gasteiger partial charge is 0.213 e. The monoisotopic (exact) mass is 493 g/mol. The molecule has 1 aromatic heterocycles. The second-order valence-corrected chi connectivity index (χ2v) is 11.3. The van der Waals surface area contributed by atoms with Crippen molar-refractivity contribution >= 4 is 39.5 Å². The molecule has 0 atom stereocenters. The summed E-state index contributed by atoms with van der Waals surface area (Å²) >= 11 is 0. The van der Waals surface area contributed by atoms with Crippen LogP contribution >= 0.6 is 0 Å². The number of pyridine rings is 1. The molecule has 2 heteroatoms. The van der Waals surface area contributed by atoms with E-state index in [0.29, 0.717) is 0 Å². The van der Waals surface area contributed by atoms with E-state index in [2.05, 4.69) is 129 Å². The molecule has 4 aromatic rings. The van der Waals surface area contributed by atoms with Gasteiger partial charge in [-0.1, -0.05) is 83.5 Å². The molecule has 2 nitrogen and oxygen atoms in total. The zero-order chi connectivity index (χ0) is 26.2. The van der Waals surface area contributed by atoms with Gasteiger partial charge < -0.3 is 4.90 Å². The summed E-state index contributed by atoms with van der Waals surface area (Å²) in [6.07, 6.45) is 11.6. The number of nitrogens with zero attached hydrogens (tertiary/aromatic N) is 2. The molecule has 0 saturated carbocycles. The van der Waals surface area contributed by atoms with Crippen molar-refractivity contribution in [3.63, 3.8) is 0 Å². The first-order chi connectivity index (χ1) is 17.9. The van der Waals surface area contributed by atoms with Crippen molar-refractivity contribution in [1.29, 1.82) is 0 Å². The summed E-state index contributed by atoms with van der Waals surface area (Å²) < 4.78 is 2.38. The van der Waals surface area contributed by atoms with Gasteiger partial charge >= 0.3 is 0 Å². The number of unbranched alkanes of at least 4 members (excludes halogenated alkanes) is 1. The standard InChI is InChI=1S/C35H45N2/c1-6-7-21-37-24-20-30(34-10-8-9-11-35(34)37)14-12-29-13-15-32-26-33(17-16-31(32)25-29)36(22-18-27(2)3)23-19-28(4)5/h8-17,20,24-28H,6-7,18-19,21-23H2,1-5H3/q+1. The Hall–Kier alpha value is -3.13. The number of benzene rings is 3. The predicted molar refractivity (Wildman–Crippen MR) is 163 cm³/mol. The second kappa shape index (κ2) is 12.9. The van der Waals surface area contributed by atoms with E-state index in [4.69, 9.17) is 0 Å². The SMILES string of the molecule is CCCC[n+]1ccc(/C=C/c2ccc3cc(N(CCC(C)C)CCC(C)C)ccc3c2)c2ccccc21. The van der Waals surface area contributed by atoms with Crippen LogP contribution in [0, 0.1) is 11.8 Å². The lowest BCUT2D eigenvalue weighted by Gasteiger charge is -2.27. The third-order valence-electron chi connectivity index (χ3n) is 7.33. The van der Waals surface area contributed by atoms with Gasteiger partial charge in [0.1, 0.15) is 6.54 Å². The minimum atomic E-state index is 0.722. The molecule has 0 saturated heterocycles. The van der Waals surface area contributed by atoms with Gasteiger partial charge in [-0.15, -0.1) is 0 Å². The van der Waals surface area contributed by atoms with E-state index in [0.717, 1.165) is 31.5 Å². The third-order valence-corrected chi connectivity index (χ3v) is 7.33. The number of anilines is 1. The molecule has 1 heterocycles. The van der Waals surface area contributed by atoms with Crippen molar-refractivity contribution in [1.82, 2.24) is 0 Å². The Morgan fingerprint density at radius 3 is 2.22 bits per heavy atom. The summed E-state index contributed by atoms with van der Waals surface area (Å²) in [5.41, 5.74) is 5.17. The van der Waals surface area contributed by atoms with Crippen LogP contribution in [0.25, 0.3) is 33.8 Å². The molecule has 0 aliphatic carbocycles. The molecule has 0 radical (unpaired) electrons. The fourth-order valence-corrected chi connectivity index (χ4v) is 4.91. The first-order valence-corrected chi connectivity index (χ1v) is 14.3. The number of fused-ring (bicyclic) bond motifs is 2. The van der Waals surface area contributed by atoms with Crippen LogP contribution < -0.4 is 9.47 Å². The molecule has 0 amide bonds. The maximum Gasteiger partial charge on any atom is 0.213 e. The summed E-state index contributed by atoms with van der Waals surface area (Å²) in [6.45, 7) is 14.8. The normalized spacial score (nSPS) is 12.0. The van der Waals surface area contributed by atoms with Crippen LogP contribution in [0.15, 0.2) is 72.9 Å². The van der Waals surface area contributed by atoms with Crippen molar-refractivity contribution in [2.45, 2.75) is 66.8 Å². The Bertz CT molecular complexity index is 1320. The van der Waals surface area contributed by atoms with Gasteiger partial charge in [0.2, 0.25) is 5.52 Å². The molecule has 0 spiro atoms. The van der Waals surface area contributed by atoms with E-state index in [-0.39, 0.29) is 0 Å². The zero-order valence-electron chi connectivity index (χ0n) is 23.6. The molecule has 0 N–H and O–H groups in total. The minimum Gasteiger partial charge on any atom is -0.371 e. The lowest BCUT2D eigenvalue weighted by molar-refractivity contribution is -0.671. The summed E-state index contributed by atoms with van der Waals surface area (Å²) in [5, 5.41) is 3.93. The Morgan fingerprint density at radius 1 is 0.784 bits per heavy atom. The molecule has 0 aliphatic heterocycles. The molecule has 3 aromatic carbocycles. The quantitative estimate of drug-likeness (QED) is 0.178. The number of para-hydroxylation sites is 1. The van der Waals surface area contributed by atoms with Crippen molar-refractivity contribution in [3.8, 4) is 0 Å². The van der Waals surface area contributed by atoms with Gasteiger partial charge in [0.15, 0.2) is 6.20 Å². The van der Waals surface area contributed by atoms with Crippen LogP contribution in [-0.2, 0) is 6.54 Å². The van der Waals surface area contributed by atoms with Crippen LogP contribution in [0.3, 0.4) is 0 Å². The van der Waals surface area contributed by atoms with Crippen LogP contribution in [-0.4, -0.2) is 13.1 Å². The van der Waals surface area contributed by atoms with Crippen LogP contribution in [0.1, 0.15) is 71.4 Å². The van der Waals surface area contributed by atoms with E-state index in [1.54, 1.807) is 0 Å². The largest absolute Gasteiger partial charge is 0.371 e. The Balaban J connectivity index is 1.57. The maximum atomic E-state index is 2.58. The van der Waals surface area contributed by atoms with E-state index in [9.17, 15) is 0 Å². The molecule has 0 bridgehead atoms. The van der Waals surface area contributed by atoms with Crippen LogP contribution in [0.4, 0.5) is 5.69 Å². The van der Waals surface area contributed by atoms with Crippen molar-refractivity contribution in [3.05, 3.63) is 84.1 Å². The van der Waals surface area contributed by atoms with Crippen LogP contribution in [0.2, 0.25) is 0 Å². The highest BCUT2D eigenvalue weighted by Crippen LogP contribution is 2.26. The lowest BCUT2D eigenvalue weighted by Crippen LogP contribution is -2.34. The highest BCUT2D eigenvalue weighted by atomic mass is 15.1. The predicted octanol–water partition coefficient (Wildman–Crippen LogP) is 9.15.